The highest BCUT2D eigenvalue weighted by Gasteiger charge is 2.05. The van der Waals surface area contributed by atoms with Crippen molar-refractivity contribution in [2.75, 3.05) is 0 Å². The molecule has 82 valence electrons. The van der Waals surface area contributed by atoms with Gasteiger partial charge in [-0.05, 0) is 19.1 Å². The number of rotatable bonds is 3. The summed E-state index contributed by atoms with van der Waals surface area (Å²) in [4.78, 5) is 4.19. The first-order valence-corrected chi connectivity index (χ1v) is 5.57. The molecule has 2 nitrogen and oxygen atoms in total. The fourth-order valence-electron chi connectivity index (χ4n) is 1.37. The molecule has 1 aromatic carbocycles. The summed E-state index contributed by atoms with van der Waals surface area (Å²) in [7, 11) is 0. The number of ether oxygens (including phenoxy) is 1. The Morgan fingerprint density at radius 1 is 1.25 bits per heavy atom. The Morgan fingerprint density at radius 3 is 2.69 bits per heavy atom. The van der Waals surface area contributed by atoms with Crippen molar-refractivity contribution in [3.63, 3.8) is 0 Å². The summed E-state index contributed by atoms with van der Waals surface area (Å²) in [6.07, 6.45) is 1.75. The maximum absolute atomic E-state index is 5.83. The topological polar surface area (TPSA) is 22.1 Å². The molecule has 0 atom stereocenters. The number of hydrogen-bond acceptors (Lipinski definition) is 2. The number of pyridine rings is 1. The van der Waals surface area contributed by atoms with E-state index in [1.54, 1.807) is 6.20 Å². The molecular weight excluding hydrogens is 222 g/mol. The summed E-state index contributed by atoms with van der Waals surface area (Å²) >= 11 is 5.83. The van der Waals surface area contributed by atoms with Crippen molar-refractivity contribution < 1.29 is 4.74 Å². The van der Waals surface area contributed by atoms with Gasteiger partial charge in [0.05, 0.1) is 5.88 Å². The van der Waals surface area contributed by atoms with Gasteiger partial charge in [-0.1, -0.05) is 18.2 Å². The SMILES string of the molecule is Cc1cc(Oc2ccccc2)c(CCl)cn1. The first-order chi connectivity index (χ1) is 7.79. The highest BCUT2D eigenvalue weighted by Crippen LogP contribution is 2.26. The van der Waals surface area contributed by atoms with Gasteiger partial charge in [0.25, 0.3) is 0 Å². The third-order valence-electron chi connectivity index (χ3n) is 2.20. The molecule has 0 unspecified atom stereocenters. The number of halogens is 1. The standard InChI is InChI=1S/C13H12ClNO/c1-10-7-13(11(8-14)9-15-10)16-12-5-3-2-4-6-12/h2-7,9H,8H2,1H3. The molecule has 0 aliphatic heterocycles. The molecule has 0 fully saturated rings. The molecule has 0 aliphatic rings. The molecule has 1 heterocycles. The molecule has 0 bridgehead atoms. The zero-order valence-corrected chi connectivity index (χ0v) is 9.74. The van der Waals surface area contributed by atoms with Crippen LogP contribution in [0.15, 0.2) is 42.6 Å². The monoisotopic (exact) mass is 233 g/mol. The number of aryl methyl sites for hydroxylation is 1. The molecule has 3 heteroatoms. The Labute approximate surface area is 99.9 Å². The smallest absolute Gasteiger partial charge is 0.135 e. The van der Waals surface area contributed by atoms with Crippen molar-refractivity contribution in [1.82, 2.24) is 4.98 Å². The second-order valence-corrected chi connectivity index (χ2v) is 3.75. The normalized spacial score (nSPS) is 10.1. The number of alkyl halides is 1. The minimum atomic E-state index is 0.398. The van der Waals surface area contributed by atoms with Crippen molar-refractivity contribution in [1.29, 1.82) is 0 Å². The van der Waals surface area contributed by atoms with Crippen molar-refractivity contribution >= 4 is 11.6 Å². The molecule has 2 rings (SSSR count). The predicted octanol–water partition coefficient (Wildman–Crippen LogP) is 3.92. The predicted molar refractivity (Wildman–Crippen MR) is 65.0 cm³/mol. The lowest BCUT2D eigenvalue weighted by Crippen LogP contribution is -1.92. The Kier molecular flexibility index (Phi) is 3.42. The summed E-state index contributed by atoms with van der Waals surface area (Å²) in [6, 6.07) is 11.5. The molecular formula is C13H12ClNO. The lowest BCUT2D eigenvalue weighted by Gasteiger charge is -2.09. The Hall–Kier alpha value is -1.54. The fourth-order valence-corrected chi connectivity index (χ4v) is 1.57. The van der Waals surface area contributed by atoms with Gasteiger partial charge < -0.3 is 4.74 Å². The minimum Gasteiger partial charge on any atom is -0.457 e. The number of para-hydroxylation sites is 1. The number of aromatic nitrogens is 1. The fraction of sp³-hybridized carbons (Fsp3) is 0.154. The first kappa shape index (κ1) is 11.0. The van der Waals surface area contributed by atoms with Gasteiger partial charge in [0, 0.05) is 23.5 Å². The Balaban J connectivity index is 2.30. The summed E-state index contributed by atoms with van der Waals surface area (Å²) in [6.45, 7) is 1.93. The quantitative estimate of drug-likeness (QED) is 0.750. The summed E-state index contributed by atoms with van der Waals surface area (Å²) in [5.41, 5.74) is 1.82. The van der Waals surface area contributed by atoms with E-state index in [1.165, 1.54) is 0 Å². The van der Waals surface area contributed by atoms with Gasteiger partial charge in [-0.2, -0.15) is 0 Å². The largest absolute Gasteiger partial charge is 0.457 e. The van der Waals surface area contributed by atoms with E-state index in [0.29, 0.717) is 5.88 Å². The molecule has 0 aliphatic carbocycles. The lowest BCUT2D eigenvalue weighted by atomic mass is 10.2. The van der Waals surface area contributed by atoms with Gasteiger partial charge in [-0.25, -0.2) is 0 Å². The molecule has 0 radical (unpaired) electrons. The zero-order valence-electron chi connectivity index (χ0n) is 8.98. The van der Waals surface area contributed by atoms with E-state index in [1.807, 2.05) is 43.3 Å². The van der Waals surface area contributed by atoms with Crippen LogP contribution in [0.2, 0.25) is 0 Å². The van der Waals surface area contributed by atoms with Gasteiger partial charge >= 0.3 is 0 Å². The van der Waals surface area contributed by atoms with Crippen LogP contribution in [0.3, 0.4) is 0 Å². The highest BCUT2D eigenvalue weighted by molar-refractivity contribution is 6.17. The maximum Gasteiger partial charge on any atom is 0.135 e. The third-order valence-corrected chi connectivity index (χ3v) is 2.48. The summed E-state index contributed by atoms with van der Waals surface area (Å²) < 4.78 is 5.76. The van der Waals surface area contributed by atoms with Crippen LogP contribution in [0.25, 0.3) is 0 Å². The van der Waals surface area contributed by atoms with E-state index >= 15 is 0 Å². The average Bonchev–Trinajstić information content (AvgIpc) is 2.31. The molecule has 2 aromatic rings. The molecule has 0 N–H and O–H groups in total. The minimum absolute atomic E-state index is 0.398. The highest BCUT2D eigenvalue weighted by atomic mass is 35.5. The second-order valence-electron chi connectivity index (χ2n) is 3.48. The Morgan fingerprint density at radius 2 is 2.00 bits per heavy atom. The maximum atomic E-state index is 5.83. The lowest BCUT2D eigenvalue weighted by molar-refractivity contribution is 0.477. The van der Waals surface area contributed by atoms with Crippen LogP contribution in [0.5, 0.6) is 11.5 Å². The Bertz CT molecular complexity index is 471. The number of benzene rings is 1. The molecule has 0 spiro atoms. The van der Waals surface area contributed by atoms with Gasteiger partial charge in [0.1, 0.15) is 11.5 Å². The van der Waals surface area contributed by atoms with Crippen molar-refractivity contribution in [3.8, 4) is 11.5 Å². The molecule has 0 saturated heterocycles. The van der Waals surface area contributed by atoms with Crippen molar-refractivity contribution in [3.05, 3.63) is 53.9 Å². The van der Waals surface area contributed by atoms with Crippen LogP contribution >= 0.6 is 11.6 Å². The summed E-state index contributed by atoms with van der Waals surface area (Å²) in [5.74, 6) is 1.98. The zero-order chi connectivity index (χ0) is 11.4. The van der Waals surface area contributed by atoms with Crippen LogP contribution in [-0.2, 0) is 5.88 Å². The van der Waals surface area contributed by atoms with Gasteiger partial charge in [0.2, 0.25) is 0 Å². The van der Waals surface area contributed by atoms with Crippen LogP contribution in [0, 0.1) is 6.92 Å². The van der Waals surface area contributed by atoms with Gasteiger partial charge in [0.15, 0.2) is 0 Å². The first-order valence-electron chi connectivity index (χ1n) is 5.04. The molecule has 0 saturated carbocycles. The van der Waals surface area contributed by atoms with Crippen molar-refractivity contribution in [2.45, 2.75) is 12.8 Å². The van der Waals surface area contributed by atoms with E-state index in [4.69, 9.17) is 16.3 Å². The second kappa shape index (κ2) is 4.99. The van der Waals surface area contributed by atoms with Crippen LogP contribution in [0.1, 0.15) is 11.3 Å². The van der Waals surface area contributed by atoms with Gasteiger partial charge in [-0.3, -0.25) is 4.98 Å². The van der Waals surface area contributed by atoms with Crippen LogP contribution in [0.4, 0.5) is 0 Å². The van der Waals surface area contributed by atoms with E-state index in [0.717, 1.165) is 22.8 Å². The van der Waals surface area contributed by atoms with E-state index < -0.39 is 0 Å². The average molecular weight is 234 g/mol. The molecule has 0 amide bonds. The molecule has 16 heavy (non-hydrogen) atoms. The molecule has 1 aromatic heterocycles. The van der Waals surface area contributed by atoms with Crippen LogP contribution < -0.4 is 4.74 Å². The van der Waals surface area contributed by atoms with E-state index in [-0.39, 0.29) is 0 Å². The summed E-state index contributed by atoms with van der Waals surface area (Å²) in [5, 5.41) is 0. The third kappa shape index (κ3) is 2.52. The number of nitrogens with zero attached hydrogens (tertiary/aromatic N) is 1. The number of hydrogen-bond donors (Lipinski definition) is 0. The van der Waals surface area contributed by atoms with E-state index in [2.05, 4.69) is 4.98 Å². The van der Waals surface area contributed by atoms with E-state index in [9.17, 15) is 0 Å². The van der Waals surface area contributed by atoms with Gasteiger partial charge in [-0.15, -0.1) is 11.6 Å². The van der Waals surface area contributed by atoms with Crippen LogP contribution in [-0.4, -0.2) is 4.98 Å². The van der Waals surface area contributed by atoms with Crippen molar-refractivity contribution in [2.24, 2.45) is 0 Å².